The van der Waals surface area contributed by atoms with Crippen molar-refractivity contribution in [2.75, 3.05) is 32.8 Å². The van der Waals surface area contributed by atoms with Crippen molar-refractivity contribution in [1.29, 1.82) is 0 Å². The first-order chi connectivity index (χ1) is 13.3. The molecular formula is C20H31F3N4O. The fraction of sp³-hybridized carbons (Fsp3) is 0.650. The van der Waals surface area contributed by atoms with Gasteiger partial charge in [0.05, 0.1) is 12.1 Å². The Morgan fingerprint density at radius 1 is 1.21 bits per heavy atom. The summed E-state index contributed by atoms with van der Waals surface area (Å²) < 4.78 is 43.2. The van der Waals surface area contributed by atoms with Crippen LogP contribution in [0.25, 0.3) is 0 Å². The van der Waals surface area contributed by atoms with Gasteiger partial charge in [0.1, 0.15) is 12.4 Å². The molecule has 2 rings (SSSR count). The molecule has 0 aromatic heterocycles. The fourth-order valence-corrected chi connectivity index (χ4v) is 3.13. The SMILES string of the molecule is CCNC(=NCCOc1ccc(C(F)(F)F)cc1)NC1CCN(C(C)C)CC1. The van der Waals surface area contributed by atoms with Gasteiger partial charge in [0.15, 0.2) is 5.96 Å². The Kier molecular flexibility index (Phi) is 8.41. The molecule has 0 amide bonds. The van der Waals surface area contributed by atoms with Gasteiger partial charge in [-0.15, -0.1) is 0 Å². The minimum atomic E-state index is -4.33. The van der Waals surface area contributed by atoms with Crippen LogP contribution in [0.3, 0.4) is 0 Å². The number of benzene rings is 1. The summed E-state index contributed by atoms with van der Waals surface area (Å²) in [5.74, 6) is 1.16. The van der Waals surface area contributed by atoms with Crippen LogP contribution in [0, 0.1) is 0 Å². The summed E-state index contributed by atoms with van der Waals surface area (Å²) >= 11 is 0. The average Bonchev–Trinajstić information content (AvgIpc) is 2.65. The van der Waals surface area contributed by atoms with Gasteiger partial charge in [0, 0.05) is 31.7 Å². The van der Waals surface area contributed by atoms with Crippen molar-refractivity contribution in [3.05, 3.63) is 29.8 Å². The molecule has 1 saturated heterocycles. The van der Waals surface area contributed by atoms with Gasteiger partial charge < -0.3 is 20.3 Å². The van der Waals surface area contributed by atoms with Gasteiger partial charge in [0.2, 0.25) is 0 Å². The number of rotatable bonds is 7. The molecule has 1 heterocycles. The van der Waals surface area contributed by atoms with Crippen LogP contribution in [-0.2, 0) is 6.18 Å². The third-order valence-corrected chi connectivity index (χ3v) is 4.76. The number of piperidine rings is 1. The van der Waals surface area contributed by atoms with E-state index in [2.05, 4.69) is 34.4 Å². The van der Waals surface area contributed by atoms with Crippen LogP contribution in [0.15, 0.2) is 29.3 Å². The van der Waals surface area contributed by atoms with Crippen molar-refractivity contribution in [3.63, 3.8) is 0 Å². The largest absolute Gasteiger partial charge is 0.492 e. The third-order valence-electron chi connectivity index (χ3n) is 4.76. The van der Waals surface area contributed by atoms with E-state index in [1.54, 1.807) is 0 Å². The van der Waals surface area contributed by atoms with Crippen LogP contribution in [0.4, 0.5) is 13.2 Å². The van der Waals surface area contributed by atoms with E-state index in [-0.39, 0.29) is 0 Å². The number of alkyl halides is 3. The first kappa shape index (κ1) is 22.3. The zero-order valence-electron chi connectivity index (χ0n) is 16.9. The van der Waals surface area contributed by atoms with Gasteiger partial charge in [-0.3, -0.25) is 0 Å². The minimum absolute atomic E-state index is 0.299. The lowest BCUT2D eigenvalue weighted by Crippen LogP contribution is -2.50. The number of guanidine groups is 1. The van der Waals surface area contributed by atoms with E-state index in [0.29, 0.717) is 31.0 Å². The highest BCUT2D eigenvalue weighted by Gasteiger charge is 2.30. The maximum Gasteiger partial charge on any atom is 0.416 e. The molecule has 0 atom stereocenters. The zero-order chi connectivity index (χ0) is 20.6. The maximum atomic E-state index is 12.6. The topological polar surface area (TPSA) is 48.9 Å². The van der Waals surface area contributed by atoms with E-state index < -0.39 is 11.7 Å². The van der Waals surface area contributed by atoms with Crippen molar-refractivity contribution >= 4 is 5.96 Å². The lowest BCUT2D eigenvalue weighted by molar-refractivity contribution is -0.137. The smallest absolute Gasteiger partial charge is 0.416 e. The van der Waals surface area contributed by atoms with Gasteiger partial charge in [-0.05, 0) is 57.9 Å². The molecule has 1 aromatic carbocycles. The number of nitrogens with one attached hydrogen (secondary N) is 2. The number of nitrogens with zero attached hydrogens (tertiary/aromatic N) is 2. The van der Waals surface area contributed by atoms with E-state index in [1.165, 1.54) is 12.1 Å². The first-order valence-electron chi connectivity index (χ1n) is 9.88. The maximum absolute atomic E-state index is 12.6. The van der Waals surface area contributed by atoms with Crippen molar-refractivity contribution in [3.8, 4) is 5.75 Å². The van der Waals surface area contributed by atoms with Crippen molar-refractivity contribution < 1.29 is 17.9 Å². The summed E-state index contributed by atoms with van der Waals surface area (Å²) in [6, 6.07) is 5.67. The summed E-state index contributed by atoms with van der Waals surface area (Å²) in [5.41, 5.74) is -0.681. The predicted molar refractivity (Wildman–Crippen MR) is 106 cm³/mol. The molecule has 5 nitrogen and oxygen atoms in total. The molecule has 2 N–H and O–H groups in total. The summed E-state index contributed by atoms with van der Waals surface area (Å²) in [6.07, 6.45) is -2.18. The standard InChI is InChI=1S/C20H31F3N4O/c1-4-24-19(26-17-9-12-27(13-10-17)15(2)3)25-11-14-28-18-7-5-16(6-8-18)20(21,22)23/h5-8,15,17H,4,9-14H2,1-3H3,(H2,24,25,26). The lowest BCUT2D eigenvalue weighted by atomic mass is 10.0. The van der Waals surface area contributed by atoms with Crippen molar-refractivity contribution in [2.45, 2.75) is 51.9 Å². The molecular weight excluding hydrogens is 369 g/mol. The Morgan fingerprint density at radius 3 is 2.39 bits per heavy atom. The Morgan fingerprint density at radius 2 is 1.86 bits per heavy atom. The highest BCUT2D eigenvalue weighted by Crippen LogP contribution is 2.30. The number of halogens is 3. The highest BCUT2D eigenvalue weighted by atomic mass is 19.4. The molecule has 1 fully saturated rings. The molecule has 0 radical (unpaired) electrons. The van der Waals surface area contributed by atoms with Crippen LogP contribution in [0.2, 0.25) is 0 Å². The lowest BCUT2D eigenvalue weighted by Gasteiger charge is -2.35. The second kappa shape index (κ2) is 10.5. The Balaban J connectivity index is 1.78. The van der Waals surface area contributed by atoms with Gasteiger partial charge >= 0.3 is 6.18 Å². The second-order valence-electron chi connectivity index (χ2n) is 7.18. The number of ether oxygens (including phenoxy) is 1. The van der Waals surface area contributed by atoms with E-state index >= 15 is 0 Å². The quantitative estimate of drug-likeness (QED) is 0.418. The van der Waals surface area contributed by atoms with Gasteiger partial charge in [0.25, 0.3) is 0 Å². The molecule has 0 unspecified atom stereocenters. The van der Waals surface area contributed by atoms with Gasteiger partial charge in [-0.1, -0.05) is 0 Å². The highest BCUT2D eigenvalue weighted by molar-refractivity contribution is 5.80. The number of likely N-dealkylation sites (tertiary alicyclic amines) is 1. The van der Waals surface area contributed by atoms with Gasteiger partial charge in [-0.2, -0.15) is 13.2 Å². The molecule has 28 heavy (non-hydrogen) atoms. The molecule has 158 valence electrons. The number of hydrogen-bond acceptors (Lipinski definition) is 3. The van der Waals surface area contributed by atoms with E-state index in [9.17, 15) is 13.2 Å². The summed E-state index contributed by atoms with van der Waals surface area (Å²) in [5, 5.41) is 6.70. The normalized spacial score (nSPS) is 17.0. The molecule has 8 heteroatoms. The minimum Gasteiger partial charge on any atom is -0.492 e. The van der Waals surface area contributed by atoms with Crippen LogP contribution in [0.5, 0.6) is 5.75 Å². The molecule has 1 aliphatic rings. The fourth-order valence-electron chi connectivity index (χ4n) is 3.13. The number of aliphatic imine (C=N–C) groups is 1. The van der Waals surface area contributed by atoms with Crippen molar-refractivity contribution in [1.82, 2.24) is 15.5 Å². The van der Waals surface area contributed by atoms with Crippen LogP contribution in [-0.4, -0.2) is 55.7 Å². The van der Waals surface area contributed by atoms with Crippen LogP contribution >= 0.6 is 0 Å². The molecule has 1 aliphatic heterocycles. The van der Waals surface area contributed by atoms with E-state index in [4.69, 9.17) is 4.74 Å². The van der Waals surface area contributed by atoms with Crippen molar-refractivity contribution in [2.24, 2.45) is 4.99 Å². The van der Waals surface area contributed by atoms with Gasteiger partial charge in [-0.25, -0.2) is 4.99 Å². The molecule has 0 saturated carbocycles. The Labute approximate surface area is 165 Å². The summed E-state index contributed by atoms with van der Waals surface area (Å²) in [6.45, 7) is 10.1. The molecule has 0 aliphatic carbocycles. The average molecular weight is 400 g/mol. The molecule has 1 aromatic rings. The summed E-state index contributed by atoms with van der Waals surface area (Å²) in [4.78, 5) is 6.98. The van der Waals surface area contributed by atoms with Crippen LogP contribution < -0.4 is 15.4 Å². The third kappa shape index (κ3) is 7.22. The number of hydrogen-bond donors (Lipinski definition) is 2. The second-order valence-corrected chi connectivity index (χ2v) is 7.18. The van der Waals surface area contributed by atoms with E-state index in [1.807, 2.05) is 6.92 Å². The molecule has 0 bridgehead atoms. The van der Waals surface area contributed by atoms with E-state index in [0.717, 1.165) is 50.6 Å². The first-order valence-corrected chi connectivity index (χ1v) is 9.88. The predicted octanol–water partition coefficient (Wildman–Crippen LogP) is 3.51. The Bertz CT molecular complexity index is 609. The zero-order valence-corrected chi connectivity index (χ0v) is 16.9. The Hall–Kier alpha value is -1.96. The monoisotopic (exact) mass is 400 g/mol. The molecule has 0 spiro atoms. The van der Waals surface area contributed by atoms with Crippen LogP contribution in [0.1, 0.15) is 39.2 Å². The summed E-state index contributed by atoms with van der Waals surface area (Å²) in [7, 11) is 0.